The predicted octanol–water partition coefficient (Wildman–Crippen LogP) is 0.455. The molecule has 0 saturated heterocycles. The van der Waals surface area contributed by atoms with Gasteiger partial charge in [0, 0.05) is 12.5 Å². The van der Waals surface area contributed by atoms with Crippen LogP contribution in [0, 0.1) is 0 Å². The number of carbonyl (C=O) groups excluding carboxylic acids is 1. The number of hydrogen-bond donors (Lipinski definition) is 1. The Kier molecular flexibility index (Phi) is 4.14. The third-order valence-electron chi connectivity index (χ3n) is 2.08. The average Bonchev–Trinajstić information content (AvgIpc) is 2.16. The van der Waals surface area contributed by atoms with Crippen molar-refractivity contribution in [3.8, 4) is 0 Å². The van der Waals surface area contributed by atoms with Gasteiger partial charge in [0.1, 0.15) is 6.54 Å². The van der Waals surface area contributed by atoms with Crippen LogP contribution in [0.2, 0.25) is 0 Å². The Morgan fingerprint density at radius 2 is 2.19 bits per heavy atom. The Morgan fingerprint density at radius 1 is 1.50 bits per heavy atom. The second-order valence-corrected chi connectivity index (χ2v) is 5.10. The zero-order chi connectivity index (χ0) is 12.2. The Bertz CT molecular complexity index is 481. The second kappa shape index (κ2) is 5.18. The lowest BCUT2D eigenvalue weighted by atomic mass is 10.2. The van der Waals surface area contributed by atoms with Crippen molar-refractivity contribution in [3.63, 3.8) is 0 Å². The van der Waals surface area contributed by atoms with Gasteiger partial charge in [0.15, 0.2) is 18.2 Å². The monoisotopic (exact) mass is 244 g/mol. The summed E-state index contributed by atoms with van der Waals surface area (Å²) in [5.41, 5.74) is 0.578. The topological polar surface area (TPSA) is 75.3 Å². The largest absolute Gasteiger partial charge is 0.294 e. The van der Waals surface area contributed by atoms with E-state index in [1.54, 1.807) is 29.1 Å². The summed E-state index contributed by atoms with van der Waals surface area (Å²) in [6, 6.07) is 3.42. The number of carbonyl (C=O) groups is 1. The molecule has 88 valence electrons. The molecule has 0 aliphatic rings. The number of aryl methyl sites for hydroxylation is 1. The fourth-order valence-electron chi connectivity index (χ4n) is 1.30. The highest BCUT2D eigenvalue weighted by Gasteiger charge is 2.09. The van der Waals surface area contributed by atoms with Crippen molar-refractivity contribution in [1.29, 1.82) is 0 Å². The third kappa shape index (κ3) is 4.50. The summed E-state index contributed by atoms with van der Waals surface area (Å²) in [5, 5.41) is 0. The fourth-order valence-corrected chi connectivity index (χ4v) is 1.79. The minimum absolute atomic E-state index is 0.0378. The van der Waals surface area contributed by atoms with E-state index < -0.39 is 10.1 Å². The molecule has 0 radical (unpaired) electrons. The molecule has 0 aliphatic carbocycles. The molecule has 0 aromatic carbocycles. The average molecular weight is 244 g/mol. The molecule has 6 heteroatoms. The van der Waals surface area contributed by atoms with E-state index in [1.807, 2.05) is 0 Å². The van der Waals surface area contributed by atoms with Crippen molar-refractivity contribution >= 4 is 15.9 Å². The van der Waals surface area contributed by atoms with E-state index in [1.165, 1.54) is 6.92 Å². The minimum atomic E-state index is -3.90. The summed E-state index contributed by atoms with van der Waals surface area (Å²) >= 11 is 0. The van der Waals surface area contributed by atoms with E-state index in [9.17, 15) is 13.2 Å². The molecule has 1 heterocycles. The number of rotatable bonds is 5. The maximum Gasteiger partial charge on any atom is 0.265 e. The molecule has 1 aromatic rings. The number of nitrogens with zero attached hydrogens (tertiary/aromatic N) is 1. The highest BCUT2D eigenvalue weighted by molar-refractivity contribution is 7.85. The van der Waals surface area contributed by atoms with Crippen molar-refractivity contribution in [1.82, 2.24) is 0 Å². The fraction of sp³-hybridized carbons (Fsp3) is 0.400. The molecule has 0 unspecified atom stereocenters. The highest BCUT2D eigenvalue weighted by Crippen LogP contribution is 1.96. The quantitative estimate of drug-likeness (QED) is 0.463. The van der Waals surface area contributed by atoms with Crippen molar-refractivity contribution < 1.29 is 22.3 Å². The van der Waals surface area contributed by atoms with Gasteiger partial charge >= 0.3 is 0 Å². The lowest BCUT2D eigenvalue weighted by molar-refractivity contribution is -0.696. The van der Waals surface area contributed by atoms with Crippen LogP contribution in [0.4, 0.5) is 0 Å². The molecule has 0 amide bonds. The number of hydrogen-bond acceptors (Lipinski definition) is 3. The van der Waals surface area contributed by atoms with Gasteiger partial charge in [-0.15, -0.1) is 0 Å². The van der Waals surface area contributed by atoms with Crippen molar-refractivity contribution in [2.24, 2.45) is 0 Å². The van der Waals surface area contributed by atoms with Gasteiger partial charge in [0.25, 0.3) is 10.1 Å². The molecule has 0 spiro atoms. The first-order valence-corrected chi connectivity index (χ1v) is 6.44. The van der Waals surface area contributed by atoms with E-state index in [-0.39, 0.29) is 11.5 Å². The van der Waals surface area contributed by atoms with Crippen LogP contribution in [0.5, 0.6) is 0 Å². The summed E-state index contributed by atoms with van der Waals surface area (Å²) in [4.78, 5) is 11.1. The van der Waals surface area contributed by atoms with Gasteiger partial charge in [-0.1, -0.05) is 0 Å². The van der Waals surface area contributed by atoms with E-state index >= 15 is 0 Å². The SMILES string of the molecule is CC(=O)c1ccc[n+](CCCS(=O)(=O)O)c1. The van der Waals surface area contributed by atoms with E-state index in [4.69, 9.17) is 4.55 Å². The smallest absolute Gasteiger partial charge is 0.265 e. The summed E-state index contributed by atoms with van der Waals surface area (Å²) in [5.74, 6) is -0.311. The number of pyridine rings is 1. The van der Waals surface area contributed by atoms with E-state index in [0.29, 0.717) is 18.5 Å². The van der Waals surface area contributed by atoms with E-state index in [0.717, 1.165) is 0 Å². The molecule has 0 saturated carbocycles. The summed E-state index contributed by atoms with van der Waals surface area (Å²) in [6.45, 7) is 1.92. The van der Waals surface area contributed by atoms with Gasteiger partial charge in [-0.05, 0) is 13.0 Å². The van der Waals surface area contributed by atoms with Crippen molar-refractivity contribution in [3.05, 3.63) is 30.1 Å². The zero-order valence-corrected chi connectivity index (χ0v) is 9.77. The van der Waals surface area contributed by atoms with Gasteiger partial charge in [-0.2, -0.15) is 8.42 Å². The molecule has 1 aromatic heterocycles. The predicted molar refractivity (Wildman–Crippen MR) is 57.7 cm³/mol. The van der Waals surface area contributed by atoms with Gasteiger partial charge in [0.2, 0.25) is 0 Å². The lowest BCUT2D eigenvalue weighted by Gasteiger charge is -1.98. The molecule has 0 bridgehead atoms. The summed E-state index contributed by atoms with van der Waals surface area (Å²) < 4.78 is 31.2. The molecule has 1 rings (SSSR count). The third-order valence-corrected chi connectivity index (χ3v) is 2.89. The van der Waals surface area contributed by atoms with Crippen LogP contribution in [0.1, 0.15) is 23.7 Å². The van der Waals surface area contributed by atoms with Gasteiger partial charge in [-0.25, -0.2) is 4.57 Å². The minimum Gasteiger partial charge on any atom is -0.294 e. The molecular weight excluding hydrogens is 230 g/mol. The van der Waals surface area contributed by atoms with E-state index in [2.05, 4.69) is 0 Å². The molecular formula is C10H14NO4S+. The maximum absolute atomic E-state index is 11.1. The van der Waals surface area contributed by atoms with Crippen molar-refractivity contribution in [2.45, 2.75) is 19.9 Å². The molecule has 0 atom stereocenters. The highest BCUT2D eigenvalue weighted by atomic mass is 32.2. The Hall–Kier alpha value is -1.27. The van der Waals surface area contributed by atoms with Crippen LogP contribution in [0.3, 0.4) is 0 Å². The standard InChI is InChI=1S/C10H13NO4S/c1-9(12)10-4-2-5-11(8-10)6-3-7-16(13,14)15/h2,4-5,8H,3,6-7H2,1H3/p+1. The zero-order valence-electron chi connectivity index (χ0n) is 8.96. The molecule has 1 N–H and O–H groups in total. The molecule has 5 nitrogen and oxygen atoms in total. The Labute approximate surface area is 94.5 Å². The summed E-state index contributed by atoms with van der Waals surface area (Å²) in [6.07, 6.45) is 3.72. The lowest BCUT2D eigenvalue weighted by Crippen LogP contribution is -2.34. The molecule has 0 aliphatic heterocycles. The summed E-state index contributed by atoms with van der Waals surface area (Å²) in [7, 11) is -3.90. The van der Waals surface area contributed by atoms with Gasteiger partial charge in [-0.3, -0.25) is 9.35 Å². The maximum atomic E-state index is 11.1. The van der Waals surface area contributed by atoms with Crippen LogP contribution in [-0.4, -0.2) is 24.5 Å². The first-order chi connectivity index (χ1) is 7.38. The first kappa shape index (κ1) is 12.8. The Morgan fingerprint density at radius 3 is 2.75 bits per heavy atom. The Balaban J connectivity index is 2.61. The van der Waals surface area contributed by atoms with Crippen LogP contribution in [0.25, 0.3) is 0 Å². The number of Topliss-reactive ketones (excluding diaryl/α,β-unsaturated/α-hetero) is 1. The number of ketones is 1. The second-order valence-electron chi connectivity index (χ2n) is 3.53. The first-order valence-electron chi connectivity index (χ1n) is 4.84. The number of aromatic nitrogens is 1. The van der Waals surface area contributed by atoms with Crippen molar-refractivity contribution in [2.75, 3.05) is 5.75 Å². The van der Waals surface area contributed by atoms with Gasteiger partial charge in [0.05, 0.1) is 11.3 Å². The van der Waals surface area contributed by atoms with Crippen LogP contribution < -0.4 is 4.57 Å². The van der Waals surface area contributed by atoms with Crippen LogP contribution in [0.15, 0.2) is 24.5 Å². The van der Waals surface area contributed by atoms with Crippen LogP contribution in [-0.2, 0) is 16.7 Å². The molecule has 16 heavy (non-hydrogen) atoms. The normalized spacial score (nSPS) is 11.4. The van der Waals surface area contributed by atoms with Crippen LogP contribution >= 0.6 is 0 Å². The molecule has 0 fully saturated rings. The van der Waals surface area contributed by atoms with Gasteiger partial charge < -0.3 is 0 Å².